The molecule has 2 aromatic rings. The molecule has 1 aromatic heterocycles. The average Bonchev–Trinajstić information content (AvgIpc) is 3.04. The van der Waals surface area contributed by atoms with Crippen LogP contribution in [0, 0.1) is 5.92 Å². The predicted octanol–water partition coefficient (Wildman–Crippen LogP) is 2.57. The zero-order chi connectivity index (χ0) is 16.9. The first-order valence-electron chi connectivity index (χ1n) is 8.23. The van der Waals surface area contributed by atoms with E-state index in [1.165, 1.54) is 0 Å². The first-order valence-corrected chi connectivity index (χ1v) is 8.61. The van der Waals surface area contributed by atoms with Crippen molar-refractivity contribution in [2.45, 2.75) is 38.1 Å². The monoisotopic (exact) mass is 348 g/mol. The second-order valence-corrected chi connectivity index (χ2v) is 6.62. The molecule has 1 aliphatic rings. The third-order valence-electron chi connectivity index (χ3n) is 4.27. The lowest BCUT2D eigenvalue weighted by Crippen LogP contribution is -2.38. The van der Waals surface area contributed by atoms with Gasteiger partial charge in [0.25, 0.3) is 0 Å². The van der Waals surface area contributed by atoms with E-state index in [2.05, 4.69) is 15.5 Å². The fourth-order valence-corrected chi connectivity index (χ4v) is 3.19. The number of hydrogen-bond acceptors (Lipinski definition) is 5. The SMILES string of the molecule is NC1CCCC(C(=O)NCCc2nc(-c3cccc(Cl)c3)no2)C1. The molecule has 2 atom stereocenters. The molecule has 1 aromatic carbocycles. The zero-order valence-corrected chi connectivity index (χ0v) is 14.1. The third kappa shape index (κ3) is 4.33. The number of carbonyl (C=O) groups is 1. The molecule has 3 N–H and O–H groups in total. The second-order valence-electron chi connectivity index (χ2n) is 6.19. The molecule has 7 heteroatoms. The maximum Gasteiger partial charge on any atom is 0.228 e. The van der Waals surface area contributed by atoms with E-state index in [0.717, 1.165) is 31.2 Å². The average molecular weight is 349 g/mol. The lowest BCUT2D eigenvalue weighted by Gasteiger charge is -2.25. The minimum Gasteiger partial charge on any atom is -0.355 e. The fraction of sp³-hybridized carbons (Fsp3) is 0.471. The van der Waals surface area contributed by atoms with Crippen molar-refractivity contribution >= 4 is 17.5 Å². The van der Waals surface area contributed by atoms with Crippen molar-refractivity contribution in [2.75, 3.05) is 6.54 Å². The van der Waals surface area contributed by atoms with Crippen molar-refractivity contribution in [1.82, 2.24) is 15.5 Å². The van der Waals surface area contributed by atoms with E-state index in [1.807, 2.05) is 12.1 Å². The molecule has 1 saturated carbocycles. The molecule has 2 unspecified atom stereocenters. The van der Waals surface area contributed by atoms with Crippen molar-refractivity contribution in [3.05, 3.63) is 35.2 Å². The highest BCUT2D eigenvalue weighted by Gasteiger charge is 2.25. The summed E-state index contributed by atoms with van der Waals surface area (Å²) in [5, 5.41) is 7.51. The van der Waals surface area contributed by atoms with Crippen molar-refractivity contribution in [1.29, 1.82) is 0 Å². The Bertz CT molecular complexity index is 703. The van der Waals surface area contributed by atoms with Crippen molar-refractivity contribution in [2.24, 2.45) is 11.7 Å². The summed E-state index contributed by atoms with van der Waals surface area (Å²) in [6.07, 6.45) is 4.21. The topological polar surface area (TPSA) is 94.0 Å². The Morgan fingerprint density at radius 1 is 1.42 bits per heavy atom. The van der Waals surface area contributed by atoms with Crippen LogP contribution in [0.1, 0.15) is 31.6 Å². The van der Waals surface area contributed by atoms with Gasteiger partial charge in [-0.2, -0.15) is 4.98 Å². The number of nitrogens with one attached hydrogen (secondary N) is 1. The maximum absolute atomic E-state index is 12.2. The van der Waals surface area contributed by atoms with Crippen molar-refractivity contribution in [3.63, 3.8) is 0 Å². The van der Waals surface area contributed by atoms with E-state index in [9.17, 15) is 4.79 Å². The Labute approximate surface area is 145 Å². The van der Waals surface area contributed by atoms with E-state index >= 15 is 0 Å². The summed E-state index contributed by atoms with van der Waals surface area (Å²) in [7, 11) is 0. The van der Waals surface area contributed by atoms with Crippen LogP contribution in [0.3, 0.4) is 0 Å². The molecule has 1 fully saturated rings. The number of nitrogens with two attached hydrogens (primary N) is 1. The molecule has 0 radical (unpaired) electrons. The minimum atomic E-state index is 0.0263. The lowest BCUT2D eigenvalue weighted by atomic mass is 9.85. The molecule has 3 rings (SSSR count). The second kappa shape index (κ2) is 7.77. The molecular formula is C17H21ClN4O2. The van der Waals surface area contributed by atoms with Crippen LogP contribution in [0.15, 0.2) is 28.8 Å². The maximum atomic E-state index is 12.2. The van der Waals surface area contributed by atoms with E-state index in [4.69, 9.17) is 21.9 Å². The number of aromatic nitrogens is 2. The quantitative estimate of drug-likeness (QED) is 0.866. The largest absolute Gasteiger partial charge is 0.355 e. The molecule has 0 saturated heterocycles. The summed E-state index contributed by atoms with van der Waals surface area (Å²) in [5.41, 5.74) is 6.73. The van der Waals surface area contributed by atoms with Crippen LogP contribution in [-0.4, -0.2) is 28.6 Å². The summed E-state index contributed by atoms with van der Waals surface area (Å²) >= 11 is 5.96. The van der Waals surface area contributed by atoms with Crippen molar-refractivity contribution in [3.8, 4) is 11.4 Å². The standard InChI is InChI=1S/C17H21ClN4O2/c18-13-5-1-3-11(9-13)16-21-15(24-22-16)7-8-20-17(23)12-4-2-6-14(19)10-12/h1,3,5,9,12,14H,2,4,6-8,10,19H2,(H,20,23). The molecule has 1 heterocycles. The van der Waals surface area contributed by atoms with E-state index in [-0.39, 0.29) is 17.9 Å². The number of nitrogens with zero attached hydrogens (tertiary/aromatic N) is 2. The Hall–Kier alpha value is -1.92. The van der Waals surface area contributed by atoms with Gasteiger partial charge < -0.3 is 15.6 Å². The molecular weight excluding hydrogens is 328 g/mol. The summed E-state index contributed by atoms with van der Waals surface area (Å²) in [5.74, 6) is 1.08. The van der Waals surface area contributed by atoms with Gasteiger partial charge in [0.1, 0.15) is 0 Å². The van der Waals surface area contributed by atoms with Crippen LogP contribution in [-0.2, 0) is 11.2 Å². The normalized spacial score (nSPS) is 20.8. The van der Waals surface area contributed by atoms with Gasteiger partial charge in [-0.3, -0.25) is 4.79 Å². The number of halogens is 1. The van der Waals surface area contributed by atoms with Gasteiger partial charge in [0.2, 0.25) is 17.6 Å². The first kappa shape index (κ1) is 16.9. The number of hydrogen-bond donors (Lipinski definition) is 2. The zero-order valence-electron chi connectivity index (χ0n) is 13.4. The first-order chi connectivity index (χ1) is 11.6. The van der Waals surface area contributed by atoms with Crippen molar-refractivity contribution < 1.29 is 9.32 Å². The van der Waals surface area contributed by atoms with Crippen LogP contribution in [0.2, 0.25) is 5.02 Å². The summed E-state index contributed by atoms with van der Waals surface area (Å²) in [6.45, 7) is 0.474. The smallest absolute Gasteiger partial charge is 0.228 e. The highest BCUT2D eigenvalue weighted by atomic mass is 35.5. The molecule has 24 heavy (non-hydrogen) atoms. The highest BCUT2D eigenvalue weighted by Crippen LogP contribution is 2.23. The molecule has 0 spiro atoms. The number of carbonyl (C=O) groups excluding carboxylic acids is 1. The number of amides is 1. The van der Waals surface area contributed by atoms with E-state index < -0.39 is 0 Å². The van der Waals surface area contributed by atoms with Gasteiger partial charge in [0.15, 0.2) is 0 Å². The Balaban J connectivity index is 1.50. The minimum absolute atomic E-state index is 0.0263. The Morgan fingerprint density at radius 2 is 2.29 bits per heavy atom. The van der Waals surface area contributed by atoms with Gasteiger partial charge in [-0.15, -0.1) is 0 Å². The Morgan fingerprint density at radius 3 is 3.08 bits per heavy atom. The third-order valence-corrected chi connectivity index (χ3v) is 4.51. The number of benzene rings is 1. The Kier molecular flexibility index (Phi) is 5.48. The summed E-state index contributed by atoms with van der Waals surface area (Å²) in [6, 6.07) is 7.42. The van der Waals surface area contributed by atoms with Gasteiger partial charge in [-0.1, -0.05) is 35.3 Å². The van der Waals surface area contributed by atoms with Gasteiger partial charge in [-0.05, 0) is 31.4 Å². The van der Waals surface area contributed by atoms with Crippen LogP contribution >= 0.6 is 11.6 Å². The molecule has 1 aliphatic carbocycles. The lowest BCUT2D eigenvalue weighted by molar-refractivity contribution is -0.126. The van der Waals surface area contributed by atoms with Gasteiger partial charge in [0, 0.05) is 35.5 Å². The van der Waals surface area contributed by atoms with Crippen LogP contribution in [0.4, 0.5) is 0 Å². The fourth-order valence-electron chi connectivity index (χ4n) is 3.00. The highest BCUT2D eigenvalue weighted by molar-refractivity contribution is 6.30. The molecule has 1 amide bonds. The predicted molar refractivity (Wildman–Crippen MR) is 91.4 cm³/mol. The van der Waals surface area contributed by atoms with Gasteiger partial charge in [0.05, 0.1) is 0 Å². The van der Waals surface area contributed by atoms with Crippen LogP contribution < -0.4 is 11.1 Å². The van der Waals surface area contributed by atoms with E-state index in [1.54, 1.807) is 12.1 Å². The molecule has 0 bridgehead atoms. The molecule has 128 valence electrons. The van der Waals surface area contributed by atoms with Crippen LogP contribution in [0.5, 0.6) is 0 Å². The van der Waals surface area contributed by atoms with Gasteiger partial charge >= 0.3 is 0 Å². The summed E-state index contributed by atoms with van der Waals surface area (Å²) < 4.78 is 5.23. The van der Waals surface area contributed by atoms with E-state index in [0.29, 0.717) is 29.7 Å². The molecule has 0 aliphatic heterocycles. The van der Waals surface area contributed by atoms with Gasteiger partial charge in [-0.25, -0.2) is 0 Å². The summed E-state index contributed by atoms with van der Waals surface area (Å²) in [4.78, 5) is 16.5. The molecule has 6 nitrogen and oxygen atoms in total. The number of rotatable bonds is 5. The van der Waals surface area contributed by atoms with Crippen LogP contribution in [0.25, 0.3) is 11.4 Å².